The van der Waals surface area contributed by atoms with Crippen molar-refractivity contribution in [3.63, 3.8) is 0 Å². The number of carbonyl (C=O) groups is 3. The molecule has 1 aromatic heterocycles. The third-order valence-electron chi connectivity index (χ3n) is 6.33. The maximum Gasteiger partial charge on any atom is 0.310 e. The van der Waals surface area contributed by atoms with Gasteiger partial charge in [0, 0.05) is 37.6 Å². The highest BCUT2D eigenvalue weighted by Crippen LogP contribution is 2.23. The van der Waals surface area contributed by atoms with E-state index in [0.29, 0.717) is 31.9 Å². The summed E-state index contributed by atoms with van der Waals surface area (Å²) in [6.45, 7) is 3.56. The van der Waals surface area contributed by atoms with Gasteiger partial charge in [0.1, 0.15) is 5.69 Å². The van der Waals surface area contributed by atoms with E-state index in [1.54, 1.807) is 18.9 Å². The first-order valence-electron chi connectivity index (χ1n) is 11.8. The minimum absolute atomic E-state index is 0.0404. The molecule has 3 aromatic rings. The minimum Gasteiger partial charge on any atom is -0.466 e. The van der Waals surface area contributed by atoms with E-state index in [1.165, 1.54) is 4.90 Å². The number of amides is 2. The summed E-state index contributed by atoms with van der Waals surface area (Å²) < 4.78 is 7.14. The van der Waals surface area contributed by atoms with E-state index in [9.17, 15) is 14.4 Å². The number of piperidine rings is 1. The third kappa shape index (κ3) is 5.14. The summed E-state index contributed by atoms with van der Waals surface area (Å²) >= 11 is 0. The summed E-state index contributed by atoms with van der Waals surface area (Å²) in [5, 5.41) is 0.981. The monoisotopic (exact) mass is 461 g/mol. The lowest BCUT2D eigenvalue weighted by atomic mass is 9.98. The fourth-order valence-corrected chi connectivity index (χ4v) is 4.55. The Bertz CT molecular complexity index is 1170. The van der Waals surface area contributed by atoms with Gasteiger partial charge in [-0.05, 0) is 37.5 Å². The van der Waals surface area contributed by atoms with Gasteiger partial charge in [0.2, 0.25) is 5.91 Å². The van der Waals surface area contributed by atoms with E-state index < -0.39 is 0 Å². The Hall–Kier alpha value is -3.61. The lowest BCUT2D eigenvalue weighted by molar-refractivity contribution is -0.151. The largest absolute Gasteiger partial charge is 0.466 e. The van der Waals surface area contributed by atoms with Crippen LogP contribution in [0, 0.1) is 5.92 Å². The smallest absolute Gasteiger partial charge is 0.310 e. The van der Waals surface area contributed by atoms with Crippen LogP contribution < -0.4 is 0 Å². The highest BCUT2D eigenvalue weighted by Gasteiger charge is 2.30. The molecule has 34 heavy (non-hydrogen) atoms. The molecule has 0 bridgehead atoms. The number of nitrogens with zero attached hydrogens (tertiary/aromatic N) is 3. The molecule has 2 aromatic carbocycles. The van der Waals surface area contributed by atoms with E-state index in [2.05, 4.69) is 0 Å². The average molecular weight is 462 g/mol. The molecule has 2 amide bonds. The van der Waals surface area contributed by atoms with Gasteiger partial charge >= 0.3 is 5.97 Å². The minimum atomic E-state index is -0.299. The van der Waals surface area contributed by atoms with Crippen LogP contribution in [0.25, 0.3) is 10.9 Å². The van der Waals surface area contributed by atoms with E-state index in [0.717, 1.165) is 29.3 Å². The molecule has 0 radical (unpaired) electrons. The zero-order chi connectivity index (χ0) is 24.1. The molecular formula is C27H31N3O4. The number of rotatable bonds is 7. The zero-order valence-electron chi connectivity index (χ0n) is 19.8. The standard InChI is InChI=1S/C27H31N3O4/c1-3-34-27(33)22-13-9-15-29(18-22)25(31)19-28(2)26(32)24-16-21-12-7-8-14-23(21)30(24)17-20-10-5-4-6-11-20/h4-8,10-12,14,16,22H,3,9,13,15,17-19H2,1-2H3. The highest BCUT2D eigenvalue weighted by molar-refractivity contribution is 6.00. The van der Waals surface area contributed by atoms with Gasteiger partial charge in [-0.3, -0.25) is 14.4 Å². The van der Waals surface area contributed by atoms with Crippen molar-refractivity contribution < 1.29 is 19.1 Å². The Morgan fingerprint density at radius 1 is 1.06 bits per heavy atom. The topological polar surface area (TPSA) is 71.8 Å². The van der Waals surface area contributed by atoms with Crippen LogP contribution in [-0.2, 0) is 20.9 Å². The Morgan fingerprint density at radius 3 is 2.56 bits per heavy atom. The molecule has 1 unspecified atom stereocenters. The molecule has 0 aliphatic carbocycles. The van der Waals surface area contributed by atoms with E-state index in [4.69, 9.17) is 4.74 Å². The average Bonchev–Trinajstić information content (AvgIpc) is 3.22. The number of likely N-dealkylation sites (tertiary alicyclic amines) is 1. The van der Waals surface area contributed by atoms with E-state index >= 15 is 0 Å². The fourth-order valence-electron chi connectivity index (χ4n) is 4.55. The highest BCUT2D eigenvalue weighted by atomic mass is 16.5. The molecule has 178 valence electrons. The summed E-state index contributed by atoms with van der Waals surface area (Å²) in [6.07, 6.45) is 1.47. The maximum atomic E-state index is 13.5. The molecule has 1 saturated heterocycles. The van der Waals surface area contributed by atoms with Crippen LogP contribution in [0.1, 0.15) is 35.8 Å². The van der Waals surface area contributed by atoms with Gasteiger partial charge in [-0.2, -0.15) is 0 Å². The van der Waals surface area contributed by atoms with Crippen LogP contribution in [-0.4, -0.2) is 65.4 Å². The summed E-state index contributed by atoms with van der Waals surface area (Å²) in [6, 6.07) is 19.8. The first-order valence-corrected chi connectivity index (χ1v) is 11.8. The number of aromatic nitrogens is 1. The molecule has 1 aliphatic rings. The number of para-hydroxylation sites is 1. The molecule has 1 atom stereocenters. The van der Waals surface area contributed by atoms with Crippen molar-refractivity contribution in [1.82, 2.24) is 14.4 Å². The van der Waals surface area contributed by atoms with Crippen LogP contribution in [0.15, 0.2) is 60.7 Å². The van der Waals surface area contributed by atoms with Gasteiger partial charge in [-0.1, -0.05) is 48.5 Å². The number of hydrogen-bond donors (Lipinski definition) is 0. The van der Waals surface area contributed by atoms with Gasteiger partial charge in [-0.25, -0.2) is 0 Å². The maximum absolute atomic E-state index is 13.5. The molecule has 1 aliphatic heterocycles. The predicted molar refractivity (Wildman–Crippen MR) is 130 cm³/mol. The van der Waals surface area contributed by atoms with Crippen LogP contribution in [0.5, 0.6) is 0 Å². The Kier molecular flexibility index (Phi) is 7.30. The second-order valence-corrected chi connectivity index (χ2v) is 8.75. The summed E-state index contributed by atoms with van der Waals surface area (Å²) in [5.41, 5.74) is 2.61. The molecular weight excluding hydrogens is 430 g/mol. The molecule has 4 rings (SSSR count). The summed E-state index contributed by atoms with van der Waals surface area (Å²) in [4.78, 5) is 41.7. The van der Waals surface area contributed by atoms with Gasteiger partial charge < -0.3 is 19.1 Å². The molecule has 0 N–H and O–H groups in total. The van der Waals surface area contributed by atoms with E-state index in [-0.39, 0.29) is 30.2 Å². The van der Waals surface area contributed by atoms with Crippen molar-refractivity contribution in [2.45, 2.75) is 26.3 Å². The Morgan fingerprint density at radius 2 is 1.79 bits per heavy atom. The number of ether oxygens (including phenoxy) is 1. The van der Waals surface area contributed by atoms with Crippen LogP contribution in [0.3, 0.4) is 0 Å². The number of carbonyl (C=O) groups excluding carboxylic acids is 3. The first kappa shape index (κ1) is 23.5. The SMILES string of the molecule is CCOC(=O)C1CCCN(C(=O)CN(C)C(=O)c2cc3ccccc3n2Cc2ccccc2)C1. The number of likely N-dealkylation sites (N-methyl/N-ethyl adjacent to an activating group) is 1. The van der Waals surface area contributed by atoms with Gasteiger partial charge in [0.15, 0.2) is 0 Å². The number of hydrogen-bond acceptors (Lipinski definition) is 4. The number of fused-ring (bicyclic) bond motifs is 1. The molecule has 7 heteroatoms. The van der Waals surface area contributed by atoms with Gasteiger partial charge in [0.05, 0.1) is 19.1 Å². The Balaban J connectivity index is 1.50. The molecule has 0 spiro atoms. The van der Waals surface area contributed by atoms with Crippen molar-refractivity contribution in [3.8, 4) is 0 Å². The Labute approximate surface area is 199 Å². The van der Waals surface area contributed by atoms with Crippen LogP contribution in [0.2, 0.25) is 0 Å². The van der Waals surface area contributed by atoms with Crippen molar-refractivity contribution in [2.24, 2.45) is 5.92 Å². The van der Waals surface area contributed by atoms with Crippen molar-refractivity contribution in [1.29, 1.82) is 0 Å². The number of esters is 1. The number of benzene rings is 2. The quantitative estimate of drug-likeness (QED) is 0.505. The first-order chi connectivity index (χ1) is 16.5. The second-order valence-electron chi connectivity index (χ2n) is 8.75. The fraction of sp³-hybridized carbons (Fsp3) is 0.370. The predicted octanol–water partition coefficient (Wildman–Crippen LogP) is 3.56. The zero-order valence-corrected chi connectivity index (χ0v) is 19.8. The van der Waals surface area contributed by atoms with Crippen molar-refractivity contribution >= 4 is 28.7 Å². The second kappa shape index (κ2) is 10.5. The molecule has 1 fully saturated rings. The van der Waals surface area contributed by atoms with E-state index in [1.807, 2.05) is 65.2 Å². The van der Waals surface area contributed by atoms with Crippen LogP contribution >= 0.6 is 0 Å². The molecule has 0 saturated carbocycles. The molecule has 2 heterocycles. The molecule has 7 nitrogen and oxygen atoms in total. The summed E-state index contributed by atoms with van der Waals surface area (Å²) in [7, 11) is 1.65. The van der Waals surface area contributed by atoms with Crippen molar-refractivity contribution in [2.75, 3.05) is 33.3 Å². The summed E-state index contributed by atoms with van der Waals surface area (Å²) in [5.74, 6) is -0.920. The van der Waals surface area contributed by atoms with Gasteiger partial charge in [0.25, 0.3) is 5.91 Å². The van der Waals surface area contributed by atoms with Crippen LogP contribution in [0.4, 0.5) is 0 Å². The lowest BCUT2D eigenvalue weighted by Crippen LogP contribution is -2.47. The van der Waals surface area contributed by atoms with Crippen molar-refractivity contribution in [3.05, 3.63) is 71.9 Å². The van der Waals surface area contributed by atoms with Gasteiger partial charge in [-0.15, -0.1) is 0 Å². The normalized spacial score (nSPS) is 15.8. The lowest BCUT2D eigenvalue weighted by Gasteiger charge is -2.32. The third-order valence-corrected chi connectivity index (χ3v) is 6.33.